The molecule has 2 amide bonds. The van der Waals surface area contributed by atoms with E-state index in [1.807, 2.05) is 13.8 Å². The highest BCUT2D eigenvalue weighted by atomic mass is 16.2. The molecule has 19 heavy (non-hydrogen) atoms. The molecule has 2 rings (SSSR count). The van der Waals surface area contributed by atoms with Crippen LogP contribution in [0.1, 0.15) is 59.3 Å². The number of hydrogen-bond acceptors (Lipinski definition) is 3. The van der Waals surface area contributed by atoms with Gasteiger partial charge in [-0.25, -0.2) is 0 Å². The smallest absolute Gasteiger partial charge is 0.247 e. The molecular formula is C15H26N2O2. The number of carbonyl (C=O) groups excluding carboxylic acids is 2. The molecule has 1 heterocycles. The van der Waals surface area contributed by atoms with Crippen molar-refractivity contribution in [2.24, 2.45) is 5.41 Å². The molecule has 0 aromatic carbocycles. The minimum atomic E-state index is -0.280. The van der Waals surface area contributed by atoms with E-state index in [0.29, 0.717) is 11.8 Å². The third kappa shape index (κ3) is 2.83. The van der Waals surface area contributed by atoms with Crippen molar-refractivity contribution < 1.29 is 9.59 Å². The average molecular weight is 266 g/mol. The maximum absolute atomic E-state index is 12.3. The number of carbonyl (C=O) groups is 2. The van der Waals surface area contributed by atoms with E-state index < -0.39 is 0 Å². The van der Waals surface area contributed by atoms with Crippen LogP contribution in [-0.2, 0) is 9.59 Å². The standard InChI is InChI=1S/C15H26N2O2/c1-4-11(5-2)17-13(18)9-12(14(17)19)16-10-15(6-3)7-8-15/h11-12,16H,4-10H2,1-3H3. The van der Waals surface area contributed by atoms with Gasteiger partial charge in [0.15, 0.2) is 0 Å². The Labute approximate surface area is 115 Å². The van der Waals surface area contributed by atoms with E-state index in [0.717, 1.165) is 25.8 Å². The Hall–Kier alpha value is -0.900. The molecule has 1 unspecified atom stereocenters. The van der Waals surface area contributed by atoms with Crippen LogP contribution in [0.2, 0.25) is 0 Å². The second kappa shape index (κ2) is 5.61. The molecule has 2 fully saturated rings. The Morgan fingerprint density at radius 2 is 1.89 bits per heavy atom. The third-order valence-corrected chi connectivity index (χ3v) is 4.92. The first-order chi connectivity index (χ1) is 9.06. The van der Waals surface area contributed by atoms with Crippen molar-refractivity contribution in [3.05, 3.63) is 0 Å². The molecule has 0 spiro atoms. The summed E-state index contributed by atoms with van der Waals surface area (Å²) in [7, 11) is 0. The molecule has 0 bridgehead atoms. The normalized spacial score (nSPS) is 25.5. The summed E-state index contributed by atoms with van der Waals surface area (Å²) in [5.41, 5.74) is 0.408. The zero-order chi connectivity index (χ0) is 14.0. The lowest BCUT2D eigenvalue weighted by Gasteiger charge is -2.24. The van der Waals surface area contributed by atoms with Crippen LogP contribution in [0, 0.1) is 5.41 Å². The van der Waals surface area contributed by atoms with Crippen molar-refractivity contribution in [2.75, 3.05) is 6.54 Å². The van der Waals surface area contributed by atoms with Crippen LogP contribution < -0.4 is 5.32 Å². The number of rotatable bonds is 7. The van der Waals surface area contributed by atoms with Gasteiger partial charge in [-0.3, -0.25) is 14.5 Å². The predicted octanol–water partition coefficient (Wildman–Crippen LogP) is 2.08. The number of nitrogens with one attached hydrogen (secondary N) is 1. The predicted molar refractivity (Wildman–Crippen MR) is 74.6 cm³/mol. The topological polar surface area (TPSA) is 49.4 Å². The highest BCUT2D eigenvalue weighted by molar-refractivity contribution is 6.05. The van der Waals surface area contributed by atoms with Gasteiger partial charge in [0.2, 0.25) is 11.8 Å². The van der Waals surface area contributed by atoms with E-state index in [4.69, 9.17) is 0 Å². The quantitative estimate of drug-likeness (QED) is 0.718. The van der Waals surface area contributed by atoms with Gasteiger partial charge in [-0.05, 0) is 37.5 Å². The Morgan fingerprint density at radius 1 is 1.26 bits per heavy atom. The highest BCUT2D eigenvalue weighted by Gasteiger charge is 2.45. The number of imide groups is 1. The Bertz CT molecular complexity index is 359. The zero-order valence-electron chi connectivity index (χ0n) is 12.4. The molecule has 2 aliphatic rings. The van der Waals surface area contributed by atoms with Crippen molar-refractivity contribution in [1.82, 2.24) is 10.2 Å². The highest BCUT2D eigenvalue weighted by Crippen LogP contribution is 2.48. The third-order valence-electron chi connectivity index (χ3n) is 4.92. The SMILES string of the molecule is CCC(CC)N1C(=O)CC(NCC2(CC)CC2)C1=O. The van der Waals surface area contributed by atoms with Crippen molar-refractivity contribution in [1.29, 1.82) is 0 Å². The molecule has 1 N–H and O–H groups in total. The Balaban J connectivity index is 1.94. The van der Waals surface area contributed by atoms with Crippen molar-refractivity contribution in [3.63, 3.8) is 0 Å². The van der Waals surface area contributed by atoms with Crippen LogP contribution in [0.25, 0.3) is 0 Å². The van der Waals surface area contributed by atoms with Gasteiger partial charge in [-0.2, -0.15) is 0 Å². The van der Waals surface area contributed by atoms with Crippen molar-refractivity contribution in [3.8, 4) is 0 Å². The fourth-order valence-electron chi connectivity index (χ4n) is 3.02. The molecule has 0 radical (unpaired) electrons. The summed E-state index contributed by atoms with van der Waals surface area (Å²) in [6.07, 6.45) is 5.70. The lowest BCUT2D eigenvalue weighted by atomic mass is 10.0. The van der Waals surface area contributed by atoms with Crippen LogP contribution in [0.15, 0.2) is 0 Å². The van der Waals surface area contributed by atoms with Crippen LogP contribution in [0.4, 0.5) is 0 Å². The summed E-state index contributed by atoms with van der Waals surface area (Å²) in [4.78, 5) is 25.9. The van der Waals surface area contributed by atoms with Gasteiger partial charge in [-0.15, -0.1) is 0 Å². The Morgan fingerprint density at radius 3 is 2.37 bits per heavy atom. The fourth-order valence-corrected chi connectivity index (χ4v) is 3.02. The molecule has 1 atom stereocenters. The first kappa shape index (κ1) is 14.5. The van der Waals surface area contributed by atoms with Gasteiger partial charge in [0.25, 0.3) is 0 Å². The van der Waals surface area contributed by atoms with E-state index in [-0.39, 0.29) is 23.9 Å². The monoisotopic (exact) mass is 266 g/mol. The molecule has 1 aliphatic heterocycles. The van der Waals surface area contributed by atoms with Crippen molar-refractivity contribution >= 4 is 11.8 Å². The largest absolute Gasteiger partial charge is 0.305 e. The molecule has 1 saturated heterocycles. The molecule has 0 aromatic heterocycles. The molecule has 108 valence electrons. The van der Waals surface area contributed by atoms with E-state index >= 15 is 0 Å². The zero-order valence-corrected chi connectivity index (χ0v) is 12.4. The second-order valence-electron chi connectivity index (χ2n) is 6.06. The molecule has 1 saturated carbocycles. The van der Waals surface area contributed by atoms with E-state index in [1.54, 1.807) is 0 Å². The number of hydrogen-bond donors (Lipinski definition) is 1. The average Bonchev–Trinajstić information content (AvgIpc) is 3.14. The van der Waals surface area contributed by atoms with E-state index in [2.05, 4.69) is 12.2 Å². The van der Waals surface area contributed by atoms with Gasteiger partial charge < -0.3 is 5.32 Å². The molecule has 1 aliphatic carbocycles. The molecule has 4 heteroatoms. The maximum atomic E-state index is 12.3. The van der Waals surface area contributed by atoms with Gasteiger partial charge in [0, 0.05) is 12.6 Å². The lowest BCUT2D eigenvalue weighted by molar-refractivity contribution is -0.141. The summed E-state index contributed by atoms with van der Waals surface area (Å²) in [5.74, 6) is -0.0110. The van der Waals surface area contributed by atoms with Gasteiger partial charge in [0.1, 0.15) is 0 Å². The number of likely N-dealkylation sites (tertiary alicyclic amines) is 1. The van der Waals surface area contributed by atoms with Gasteiger partial charge >= 0.3 is 0 Å². The molecule has 0 aromatic rings. The summed E-state index contributed by atoms with van der Waals surface area (Å²) < 4.78 is 0. The minimum absolute atomic E-state index is 0.00227. The molecular weight excluding hydrogens is 240 g/mol. The lowest BCUT2D eigenvalue weighted by Crippen LogP contribution is -2.44. The van der Waals surface area contributed by atoms with Crippen LogP contribution in [0.3, 0.4) is 0 Å². The fraction of sp³-hybridized carbons (Fsp3) is 0.867. The first-order valence-electron chi connectivity index (χ1n) is 7.66. The first-order valence-corrected chi connectivity index (χ1v) is 7.66. The summed E-state index contributed by atoms with van der Waals surface area (Å²) >= 11 is 0. The van der Waals surface area contributed by atoms with E-state index in [9.17, 15) is 9.59 Å². The number of nitrogens with zero attached hydrogens (tertiary/aromatic N) is 1. The van der Waals surface area contributed by atoms with Crippen LogP contribution >= 0.6 is 0 Å². The van der Waals surface area contributed by atoms with Gasteiger partial charge in [0.05, 0.1) is 12.5 Å². The number of amides is 2. The summed E-state index contributed by atoms with van der Waals surface area (Å²) in [6, 6.07) is -0.204. The van der Waals surface area contributed by atoms with E-state index in [1.165, 1.54) is 17.7 Å². The maximum Gasteiger partial charge on any atom is 0.247 e. The second-order valence-corrected chi connectivity index (χ2v) is 6.06. The summed E-state index contributed by atoms with van der Waals surface area (Å²) in [5, 5.41) is 3.34. The van der Waals surface area contributed by atoms with Crippen LogP contribution in [0.5, 0.6) is 0 Å². The van der Waals surface area contributed by atoms with Gasteiger partial charge in [-0.1, -0.05) is 20.8 Å². The minimum Gasteiger partial charge on any atom is -0.305 e. The Kier molecular flexibility index (Phi) is 4.29. The van der Waals surface area contributed by atoms with Crippen LogP contribution in [-0.4, -0.2) is 35.3 Å². The van der Waals surface area contributed by atoms with Crippen molar-refractivity contribution in [2.45, 2.75) is 71.4 Å². The summed E-state index contributed by atoms with van der Waals surface area (Å²) in [6.45, 7) is 7.15. The molecule has 4 nitrogen and oxygen atoms in total.